The molecule has 2 aliphatic rings. The summed E-state index contributed by atoms with van der Waals surface area (Å²) in [6, 6.07) is 7.08. The Labute approximate surface area is 280 Å². The summed E-state index contributed by atoms with van der Waals surface area (Å²) in [6.45, 7) is 17.0. The van der Waals surface area contributed by atoms with E-state index in [1.54, 1.807) is 44.4 Å². The van der Waals surface area contributed by atoms with E-state index in [4.69, 9.17) is 23.9 Å². The highest BCUT2D eigenvalue weighted by Gasteiger charge is 2.50. The van der Waals surface area contributed by atoms with Crippen molar-refractivity contribution in [3.05, 3.63) is 51.3 Å². The van der Waals surface area contributed by atoms with Crippen LogP contribution in [0.5, 0.6) is 5.75 Å². The molecule has 1 aromatic carbocycles. The lowest BCUT2D eigenvalue weighted by molar-refractivity contribution is -0.189. The van der Waals surface area contributed by atoms with Crippen molar-refractivity contribution in [2.75, 3.05) is 6.54 Å². The van der Waals surface area contributed by atoms with E-state index < -0.39 is 43.3 Å². The van der Waals surface area contributed by atoms with Crippen LogP contribution in [0.25, 0.3) is 22.3 Å². The first-order valence-corrected chi connectivity index (χ1v) is 19.3. The van der Waals surface area contributed by atoms with Crippen molar-refractivity contribution in [2.24, 2.45) is 0 Å². The van der Waals surface area contributed by atoms with Crippen molar-refractivity contribution >= 4 is 48.2 Å². The number of alkyl carbamates (subject to hydrolysis) is 1. The average molecular weight is 678 g/mol. The molecule has 0 spiro atoms. The van der Waals surface area contributed by atoms with Crippen LogP contribution in [0.15, 0.2) is 29.1 Å². The molecular weight excluding hydrogens is 634 g/mol. The fourth-order valence-corrected chi connectivity index (χ4v) is 8.74. The van der Waals surface area contributed by atoms with E-state index in [1.165, 1.54) is 6.92 Å². The van der Waals surface area contributed by atoms with Crippen LogP contribution in [-0.2, 0) is 47.3 Å². The van der Waals surface area contributed by atoms with Crippen molar-refractivity contribution < 1.29 is 38.1 Å². The van der Waals surface area contributed by atoms with Gasteiger partial charge in [-0.3, -0.25) is 14.4 Å². The first kappa shape index (κ1) is 34.8. The fourth-order valence-electron chi connectivity index (χ4n) is 6.30. The van der Waals surface area contributed by atoms with Gasteiger partial charge in [-0.1, -0.05) is 33.9 Å². The second kappa shape index (κ2) is 12.5. The summed E-state index contributed by atoms with van der Waals surface area (Å²) in [4.78, 5) is 69.6. The molecular formula is C35H43N3O9Si. The van der Waals surface area contributed by atoms with E-state index in [0.717, 1.165) is 16.1 Å². The lowest BCUT2D eigenvalue weighted by atomic mass is 9.85. The van der Waals surface area contributed by atoms with Gasteiger partial charge in [0.1, 0.15) is 18.0 Å². The molecule has 5 rings (SSSR count). The van der Waals surface area contributed by atoms with Gasteiger partial charge >= 0.3 is 24.0 Å². The summed E-state index contributed by atoms with van der Waals surface area (Å²) < 4.78 is 23.6. The number of carbonyl (C=O) groups excluding carboxylic acids is 4. The number of ether oxygens (including phenoxy) is 4. The summed E-state index contributed by atoms with van der Waals surface area (Å²) in [7, 11) is -2.21. The number of cyclic esters (lactones) is 1. The van der Waals surface area contributed by atoms with Gasteiger partial charge in [-0.15, -0.1) is 0 Å². The number of fused-ring (bicyclic) bond motifs is 5. The lowest BCUT2D eigenvalue weighted by Crippen LogP contribution is -2.48. The molecule has 0 aliphatic carbocycles. The molecule has 48 heavy (non-hydrogen) atoms. The van der Waals surface area contributed by atoms with E-state index in [2.05, 4.69) is 32.3 Å². The summed E-state index contributed by atoms with van der Waals surface area (Å²) in [5.74, 6) is -1.53. The summed E-state index contributed by atoms with van der Waals surface area (Å²) in [5.41, 5.74) is 0.634. The number of nitrogens with one attached hydrogen (secondary N) is 1. The van der Waals surface area contributed by atoms with Gasteiger partial charge in [-0.05, 0) is 67.7 Å². The molecule has 2 aromatic heterocycles. The first-order valence-electron chi connectivity index (χ1n) is 16.2. The van der Waals surface area contributed by atoms with Gasteiger partial charge in [0, 0.05) is 24.4 Å². The number of nitrogens with zero attached hydrogens (tertiary/aromatic N) is 2. The minimum Gasteiger partial charge on any atom is -0.457 e. The Bertz CT molecular complexity index is 1910. The summed E-state index contributed by atoms with van der Waals surface area (Å²) in [6.07, 6.45) is -0.907. The molecule has 2 aliphatic heterocycles. The van der Waals surface area contributed by atoms with Crippen molar-refractivity contribution in [1.82, 2.24) is 14.9 Å². The van der Waals surface area contributed by atoms with Crippen LogP contribution >= 0.6 is 0 Å². The minimum atomic E-state index is -2.21. The number of aromatic nitrogens is 2. The molecule has 1 amide bonds. The van der Waals surface area contributed by atoms with Crippen molar-refractivity contribution in [3.63, 3.8) is 0 Å². The molecule has 13 heteroatoms. The third-order valence-corrected chi connectivity index (χ3v) is 14.0. The number of benzene rings is 1. The standard InChI is InChI=1S/C35H43N3O9Si/c1-10-35(46-28(40)13-14-36-33(43)47-34(5,6)7)25-16-27-29-23(17-38(27)31(41)24(25)18-44-32(35)42)30(48(8,9)19(2)3)22-15-21(45-20(4)39)11-12-26(22)37-29/h11-12,15-16,19H,10,13-14,17-18H2,1-9H3,(H,36,43). The van der Waals surface area contributed by atoms with Gasteiger partial charge in [0.15, 0.2) is 0 Å². The van der Waals surface area contributed by atoms with E-state index in [1.807, 2.05) is 12.1 Å². The number of esters is 3. The van der Waals surface area contributed by atoms with E-state index in [-0.39, 0.29) is 49.2 Å². The second-order valence-electron chi connectivity index (χ2n) is 14.2. The number of hydrogen-bond donors (Lipinski definition) is 1. The molecule has 1 N–H and O–H groups in total. The maximum Gasteiger partial charge on any atom is 0.407 e. The van der Waals surface area contributed by atoms with Crippen LogP contribution in [0, 0.1) is 0 Å². The molecule has 12 nitrogen and oxygen atoms in total. The fraction of sp³-hybridized carbons (Fsp3) is 0.486. The third-order valence-electron chi connectivity index (χ3n) is 9.26. The molecule has 256 valence electrons. The Hall–Kier alpha value is -4.52. The van der Waals surface area contributed by atoms with Crippen LogP contribution in [0.3, 0.4) is 0 Å². The van der Waals surface area contributed by atoms with E-state index >= 15 is 0 Å². The van der Waals surface area contributed by atoms with Crippen LogP contribution in [0.2, 0.25) is 18.6 Å². The maximum absolute atomic E-state index is 14.2. The van der Waals surface area contributed by atoms with Gasteiger partial charge in [-0.25, -0.2) is 14.6 Å². The largest absolute Gasteiger partial charge is 0.457 e. The lowest BCUT2D eigenvalue weighted by Gasteiger charge is -2.35. The number of pyridine rings is 2. The highest BCUT2D eigenvalue weighted by Crippen LogP contribution is 2.42. The van der Waals surface area contributed by atoms with Gasteiger partial charge in [0.05, 0.1) is 43.5 Å². The van der Waals surface area contributed by atoms with Crippen molar-refractivity contribution in [3.8, 4) is 17.1 Å². The molecule has 0 radical (unpaired) electrons. The quantitative estimate of drug-likeness (QED) is 0.119. The molecule has 0 saturated heterocycles. The molecule has 0 bridgehead atoms. The Morgan fingerprint density at radius 1 is 1.12 bits per heavy atom. The summed E-state index contributed by atoms with van der Waals surface area (Å²) in [5, 5.41) is 4.50. The Kier molecular flexibility index (Phi) is 9.06. The summed E-state index contributed by atoms with van der Waals surface area (Å²) >= 11 is 0. The predicted octanol–water partition coefficient (Wildman–Crippen LogP) is 4.80. The minimum absolute atomic E-state index is 0.0163. The molecule has 3 aromatic rings. The molecule has 4 heterocycles. The van der Waals surface area contributed by atoms with Crippen molar-refractivity contribution in [2.45, 2.75) is 104 Å². The van der Waals surface area contributed by atoms with Crippen LogP contribution in [0.1, 0.15) is 78.0 Å². The highest BCUT2D eigenvalue weighted by atomic mass is 28.3. The zero-order chi connectivity index (χ0) is 35.3. The Balaban J connectivity index is 1.60. The van der Waals surface area contributed by atoms with E-state index in [9.17, 15) is 24.0 Å². The second-order valence-corrected chi connectivity index (χ2v) is 19.3. The molecule has 0 fully saturated rings. The van der Waals surface area contributed by atoms with Crippen LogP contribution in [0.4, 0.5) is 4.79 Å². The Morgan fingerprint density at radius 2 is 1.83 bits per heavy atom. The topological polar surface area (TPSA) is 152 Å². The molecule has 1 atom stereocenters. The normalized spacial score (nSPS) is 16.9. The highest BCUT2D eigenvalue weighted by molar-refractivity contribution is 6.92. The number of amides is 1. The van der Waals surface area contributed by atoms with Crippen molar-refractivity contribution in [1.29, 1.82) is 0 Å². The van der Waals surface area contributed by atoms with E-state index in [0.29, 0.717) is 28.2 Å². The number of carbonyl (C=O) groups is 4. The average Bonchev–Trinajstić information content (AvgIpc) is 3.34. The maximum atomic E-state index is 14.2. The van der Waals surface area contributed by atoms with Gasteiger partial charge in [-0.2, -0.15) is 0 Å². The van der Waals surface area contributed by atoms with Gasteiger partial charge in [0.25, 0.3) is 5.56 Å². The van der Waals surface area contributed by atoms with Gasteiger partial charge in [0.2, 0.25) is 5.60 Å². The van der Waals surface area contributed by atoms with Gasteiger partial charge < -0.3 is 28.8 Å². The zero-order valence-corrected chi connectivity index (χ0v) is 30.0. The smallest absolute Gasteiger partial charge is 0.407 e. The predicted molar refractivity (Wildman–Crippen MR) is 181 cm³/mol. The van der Waals surface area contributed by atoms with Crippen LogP contribution in [-0.4, -0.2) is 53.8 Å². The first-order chi connectivity index (χ1) is 22.4. The van der Waals surface area contributed by atoms with Crippen LogP contribution < -0.4 is 20.8 Å². The molecule has 1 unspecified atom stereocenters. The zero-order valence-electron chi connectivity index (χ0n) is 29.0. The Morgan fingerprint density at radius 3 is 2.46 bits per heavy atom. The third kappa shape index (κ3) is 6.23. The monoisotopic (exact) mass is 677 g/mol. The number of hydrogen-bond acceptors (Lipinski definition) is 10. The SMILES string of the molecule is CCC1(OC(=O)CCNC(=O)OC(C)(C)C)C(=O)OCc2c1cc1n(c2=O)Cc2c-1nc1ccc(OC(C)=O)cc1c2[Si](C)(C)C(C)C. The molecule has 0 saturated carbocycles. The number of rotatable bonds is 8.